The van der Waals surface area contributed by atoms with Crippen molar-refractivity contribution in [3.8, 4) is 0 Å². The molecule has 2 aromatic rings. The lowest BCUT2D eigenvalue weighted by atomic mass is 10.0. The third-order valence-corrected chi connectivity index (χ3v) is 6.38. The van der Waals surface area contributed by atoms with Crippen LogP contribution in [-0.4, -0.2) is 41.2 Å². The van der Waals surface area contributed by atoms with Crippen LogP contribution in [0.1, 0.15) is 65.2 Å². The molecule has 3 rings (SSSR count). The predicted molar refractivity (Wildman–Crippen MR) is 117 cm³/mol. The lowest BCUT2D eigenvalue weighted by molar-refractivity contribution is -0.117. The lowest BCUT2D eigenvalue weighted by Gasteiger charge is -2.26. The molecule has 1 fully saturated rings. The minimum absolute atomic E-state index is 0.0592. The summed E-state index contributed by atoms with van der Waals surface area (Å²) in [6, 6.07) is 10.4. The number of hydrogen-bond acceptors (Lipinski definition) is 6. The van der Waals surface area contributed by atoms with Gasteiger partial charge in [0.1, 0.15) is 0 Å². The number of anilines is 1. The zero-order chi connectivity index (χ0) is 21.5. The molecule has 6 nitrogen and oxygen atoms in total. The maximum absolute atomic E-state index is 12.5. The Bertz CT molecular complexity index is 834. The van der Waals surface area contributed by atoms with Crippen molar-refractivity contribution in [1.82, 2.24) is 0 Å². The number of amides is 1. The van der Waals surface area contributed by atoms with Crippen LogP contribution in [0.4, 0.5) is 5.69 Å². The van der Waals surface area contributed by atoms with Crippen LogP contribution in [0.5, 0.6) is 0 Å². The van der Waals surface area contributed by atoms with Crippen LogP contribution in [0.15, 0.2) is 36.4 Å². The number of aldehydes is 1. The average molecular weight is 432 g/mol. The van der Waals surface area contributed by atoms with Gasteiger partial charge in [0.15, 0.2) is 6.29 Å². The van der Waals surface area contributed by atoms with Crippen LogP contribution in [0.2, 0.25) is 0 Å². The molecule has 0 radical (unpaired) electrons. The zero-order valence-electron chi connectivity index (χ0n) is 17.2. The van der Waals surface area contributed by atoms with E-state index in [0.29, 0.717) is 17.2 Å². The molecule has 0 bridgehead atoms. The molecule has 1 aromatic heterocycles. The van der Waals surface area contributed by atoms with E-state index >= 15 is 0 Å². The van der Waals surface area contributed by atoms with Crippen molar-refractivity contribution >= 4 is 29.2 Å². The molecule has 0 saturated carbocycles. The molecule has 1 aromatic carbocycles. The number of aliphatic hydroxyl groups is 2. The van der Waals surface area contributed by atoms with E-state index in [1.807, 2.05) is 30.3 Å². The summed E-state index contributed by atoms with van der Waals surface area (Å²) in [7, 11) is 0. The molecule has 30 heavy (non-hydrogen) atoms. The molecule has 2 unspecified atom stereocenters. The average Bonchev–Trinajstić information content (AvgIpc) is 3.32. The Morgan fingerprint density at radius 3 is 2.67 bits per heavy atom. The molecule has 1 aliphatic rings. The number of nitrogens with zero attached hydrogens (tertiary/aromatic N) is 1. The number of aliphatic hydroxyl groups excluding tert-OH is 2. The Morgan fingerprint density at radius 1 is 1.23 bits per heavy atom. The van der Waals surface area contributed by atoms with Crippen molar-refractivity contribution in [3.05, 3.63) is 51.7 Å². The second-order valence-corrected chi connectivity index (χ2v) is 8.84. The van der Waals surface area contributed by atoms with Gasteiger partial charge in [-0.1, -0.05) is 38.3 Å². The van der Waals surface area contributed by atoms with E-state index in [1.165, 1.54) is 11.3 Å². The van der Waals surface area contributed by atoms with Crippen LogP contribution in [0.3, 0.4) is 0 Å². The number of rotatable bonds is 11. The van der Waals surface area contributed by atoms with Crippen LogP contribution in [0.25, 0.3) is 0 Å². The van der Waals surface area contributed by atoms with Crippen LogP contribution >= 0.6 is 11.3 Å². The standard InChI is InChI=1S/C23H29NO5S/c1-2-3-4-5-21(26)16-6-8-17(9-7-16)24-20(22(27)12-23(24)28)15-29-14-19-11-10-18(13-25)30-19/h6-11,13,20-22,26-27H,2-5,12,14-15H2,1H3/t20-,21?,22?/m0/s1. The first-order chi connectivity index (χ1) is 14.5. The first kappa shape index (κ1) is 22.6. The molecule has 0 aliphatic carbocycles. The molecule has 1 saturated heterocycles. The quantitative estimate of drug-likeness (QED) is 0.417. The van der Waals surface area contributed by atoms with E-state index in [-0.39, 0.29) is 18.9 Å². The van der Waals surface area contributed by atoms with Crippen molar-refractivity contribution in [2.24, 2.45) is 0 Å². The number of thiophene rings is 1. The monoisotopic (exact) mass is 431 g/mol. The topological polar surface area (TPSA) is 87.1 Å². The van der Waals surface area contributed by atoms with Crippen molar-refractivity contribution in [2.45, 2.75) is 63.9 Å². The highest BCUT2D eigenvalue weighted by atomic mass is 32.1. The van der Waals surface area contributed by atoms with E-state index in [9.17, 15) is 19.8 Å². The summed E-state index contributed by atoms with van der Waals surface area (Å²) < 4.78 is 5.75. The fraction of sp³-hybridized carbons (Fsp3) is 0.478. The first-order valence-corrected chi connectivity index (χ1v) is 11.2. The Hall–Kier alpha value is -2.06. The van der Waals surface area contributed by atoms with Gasteiger partial charge in [-0.25, -0.2) is 0 Å². The van der Waals surface area contributed by atoms with Gasteiger partial charge in [-0.2, -0.15) is 0 Å². The van der Waals surface area contributed by atoms with Crippen LogP contribution < -0.4 is 4.90 Å². The molecule has 162 valence electrons. The highest BCUT2D eigenvalue weighted by molar-refractivity contribution is 7.13. The fourth-order valence-electron chi connectivity index (χ4n) is 3.72. The molecule has 2 heterocycles. The van der Waals surface area contributed by atoms with E-state index in [2.05, 4.69) is 6.92 Å². The summed E-state index contributed by atoms with van der Waals surface area (Å²) in [6.45, 7) is 2.65. The van der Waals surface area contributed by atoms with Crippen molar-refractivity contribution in [1.29, 1.82) is 0 Å². The van der Waals surface area contributed by atoms with Gasteiger partial charge in [-0.3, -0.25) is 9.59 Å². The maximum atomic E-state index is 12.5. The Balaban J connectivity index is 1.62. The van der Waals surface area contributed by atoms with Gasteiger partial charge in [0.25, 0.3) is 0 Å². The van der Waals surface area contributed by atoms with Crippen molar-refractivity contribution in [2.75, 3.05) is 11.5 Å². The van der Waals surface area contributed by atoms with Crippen molar-refractivity contribution < 1.29 is 24.5 Å². The molecular formula is C23H29NO5S. The number of carbonyl (C=O) groups is 2. The first-order valence-electron chi connectivity index (χ1n) is 10.4. The van der Waals surface area contributed by atoms with Crippen LogP contribution in [-0.2, 0) is 16.1 Å². The summed E-state index contributed by atoms with van der Waals surface area (Å²) in [5, 5.41) is 20.7. The van der Waals surface area contributed by atoms with Crippen molar-refractivity contribution in [3.63, 3.8) is 0 Å². The predicted octanol–water partition coefficient (Wildman–Crippen LogP) is 3.86. The number of carbonyl (C=O) groups excluding carboxylic acids is 2. The SMILES string of the molecule is CCCCCC(O)c1ccc(N2C(=O)CC(O)[C@@H]2COCc2ccc(C=O)s2)cc1. The highest BCUT2D eigenvalue weighted by Crippen LogP contribution is 2.30. The second kappa shape index (κ2) is 10.8. The van der Waals surface area contributed by atoms with E-state index in [0.717, 1.165) is 42.4 Å². The highest BCUT2D eigenvalue weighted by Gasteiger charge is 2.39. The van der Waals surface area contributed by atoms with Gasteiger partial charge in [0.05, 0.1) is 42.8 Å². The molecule has 3 atom stereocenters. The van der Waals surface area contributed by atoms with E-state index in [1.54, 1.807) is 11.0 Å². The number of hydrogen-bond donors (Lipinski definition) is 2. The zero-order valence-corrected chi connectivity index (χ0v) is 18.0. The van der Waals surface area contributed by atoms with E-state index < -0.39 is 18.2 Å². The Labute approximate surface area is 181 Å². The summed E-state index contributed by atoms with van der Waals surface area (Å²) in [6.07, 6.45) is 3.47. The summed E-state index contributed by atoms with van der Waals surface area (Å²) in [5.41, 5.74) is 1.52. The fourth-order valence-corrected chi connectivity index (χ4v) is 4.48. The molecule has 1 amide bonds. The minimum Gasteiger partial charge on any atom is -0.390 e. The van der Waals surface area contributed by atoms with Gasteiger partial charge in [0.2, 0.25) is 5.91 Å². The number of benzene rings is 1. The lowest BCUT2D eigenvalue weighted by Crippen LogP contribution is -2.40. The normalized spacial score (nSPS) is 20.0. The minimum atomic E-state index is -0.800. The number of unbranched alkanes of at least 4 members (excludes halogenated alkanes) is 2. The van der Waals surface area contributed by atoms with Gasteiger partial charge < -0.3 is 19.8 Å². The second-order valence-electron chi connectivity index (χ2n) is 7.64. The molecule has 1 aliphatic heterocycles. The smallest absolute Gasteiger partial charge is 0.230 e. The summed E-state index contributed by atoms with van der Waals surface area (Å²) in [5.74, 6) is -0.147. The van der Waals surface area contributed by atoms with E-state index in [4.69, 9.17) is 4.74 Å². The summed E-state index contributed by atoms with van der Waals surface area (Å²) >= 11 is 1.37. The summed E-state index contributed by atoms with van der Waals surface area (Å²) in [4.78, 5) is 26.4. The largest absolute Gasteiger partial charge is 0.390 e. The molecule has 0 spiro atoms. The molecule has 7 heteroatoms. The number of ether oxygens (including phenoxy) is 1. The Kier molecular flexibility index (Phi) is 8.16. The maximum Gasteiger partial charge on any atom is 0.230 e. The van der Waals surface area contributed by atoms with Gasteiger partial charge in [0, 0.05) is 10.6 Å². The van der Waals surface area contributed by atoms with Gasteiger partial charge >= 0.3 is 0 Å². The third-order valence-electron chi connectivity index (χ3n) is 5.40. The third kappa shape index (κ3) is 5.55. The van der Waals surface area contributed by atoms with Gasteiger partial charge in [-0.15, -0.1) is 11.3 Å². The molecule has 2 N–H and O–H groups in total. The molecular weight excluding hydrogens is 402 g/mol. The van der Waals surface area contributed by atoms with Crippen LogP contribution in [0, 0.1) is 0 Å². The Morgan fingerprint density at radius 2 is 2.00 bits per heavy atom. The van der Waals surface area contributed by atoms with Gasteiger partial charge in [-0.05, 0) is 36.2 Å².